The molecule has 0 bridgehead atoms. The van der Waals surface area contributed by atoms with Crippen LogP contribution in [-0.2, 0) is 0 Å². The van der Waals surface area contributed by atoms with Gasteiger partial charge in [-0.3, -0.25) is 0 Å². The van der Waals surface area contributed by atoms with Crippen molar-refractivity contribution in [3.8, 4) is 0 Å². The molecule has 0 spiro atoms. The van der Waals surface area contributed by atoms with Gasteiger partial charge in [0.05, 0.1) is 0 Å². The minimum absolute atomic E-state index is 0.302. The van der Waals surface area contributed by atoms with E-state index in [1.165, 1.54) is 0 Å². The van der Waals surface area contributed by atoms with E-state index in [9.17, 15) is 4.79 Å². The van der Waals surface area contributed by atoms with Crippen molar-refractivity contribution in [2.75, 3.05) is 10.6 Å². The van der Waals surface area contributed by atoms with Crippen molar-refractivity contribution in [2.45, 2.75) is 6.92 Å². The van der Waals surface area contributed by atoms with Crippen LogP contribution < -0.4 is 16.4 Å². The predicted octanol–water partition coefficient (Wildman–Crippen LogP) is 3.27. The molecule has 0 saturated carbocycles. The Balaban J connectivity index is 2.11. The first-order valence-corrected chi connectivity index (χ1v) is 6.50. The van der Waals surface area contributed by atoms with Gasteiger partial charge in [-0.05, 0) is 30.7 Å². The number of hydrogen-bond donors (Lipinski definition) is 3. The first kappa shape index (κ1) is 14.0. The summed E-state index contributed by atoms with van der Waals surface area (Å²) < 4.78 is 0. The molecule has 0 aromatic heterocycles. The molecule has 4 nitrogen and oxygen atoms in total. The molecule has 20 heavy (non-hydrogen) atoms. The molecular formula is C15H15N3OS. The van der Waals surface area contributed by atoms with Crippen LogP contribution in [0.3, 0.4) is 0 Å². The molecule has 2 amide bonds. The fourth-order valence-corrected chi connectivity index (χ4v) is 1.84. The second kappa shape index (κ2) is 6.16. The molecule has 102 valence electrons. The number of benzene rings is 2. The van der Waals surface area contributed by atoms with Crippen LogP contribution in [-0.4, -0.2) is 11.0 Å². The van der Waals surface area contributed by atoms with E-state index in [4.69, 9.17) is 18.0 Å². The highest BCUT2D eigenvalue weighted by Crippen LogP contribution is 2.17. The van der Waals surface area contributed by atoms with Crippen LogP contribution in [0.1, 0.15) is 11.1 Å². The van der Waals surface area contributed by atoms with Gasteiger partial charge >= 0.3 is 6.03 Å². The summed E-state index contributed by atoms with van der Waals surface area (Å²) in [5, 5.41) is 5.54. The highest BCUT2D eigenvalue weighted by Gasteiger charge is 2.06. The van der Waals surface area contributed by atoms with E-state index in [1.807, 2.05) is 49.4 Å². The monoisotopic (exact) mass is 285 g/mol. The van der Waals surface area contributed by atoms with Gasteiger partial charge < -0.3 is 16.4 Å². The topological polar surface area (TPSA) is 67.1 Å². The van der Waals surface area contributed by atoms with Crippen molar-refractivity contribution in [1.29, 1.82) is 0 Å². The highest BCUT2D eigenvalue weighted by atomic mass is 32.1. The van der Waals surface area contributed by atoms with E-state index < -0.39 is 0 Å². The lowest BCUT2D eigenvalue weighted by Crippen LogP contribution is -2.20. The number of anilines is 2. The van der Waals surface area contributed by atoms with Crippen LogP contribution in [0.5, 0.6) is 0 Å². The standard InChI is InChI=1S/C15H15N3OS/c1-10-7-8-11(14(16)20)9-13(10)18-15(19)17-12-5-3-2-4-6-12/h2-9H,1H3,(H2,16,20)(H2,17,18,19). The fraction of sp³-hybridized carbons (Fsp3) is 0.0667. The number of rotatable bonds is 3. The van der Waals surface area contributed by atoms with Crippen molar-refractivity contribution >= 4 is 34.6 Å². The third kappa shape index (κ3) is 3.55. The van der Waals surface area contributed by atoms with Crippen molar-refractivity contribution in [2.24, 2.45) is 5.73 Å². The molecule has 0 aliphatic rings. The van der Waals surface area contributed by atoms with E-state index in [0.717, 1.165) is 16.8 Å². The third-order valence-corrected chi connectivity index (χ3v) is 3.04. The molecule has 5 heteroatoms. The molecular weight excluding hydrogens is 270 g/mol. The van der Waals surface area contributed by atoms with Crippen molar-refractivity contribution in [3.05, 3.63) is 59.7 Å². The molecule has 0 aliphatic carbocycles. The summed E-state index contributed by atoms with van der Waals surface area (Å²) >= 11 is 4.93. The Morgan fingerprint density at radius 2 is 1.80 bits per heavy atom. The van der Waals surface area contributed by atoms with Gasteiger partial charge in [0.15, 0.2) is 0 Å². The molecule has 2 rings (SSSR count). The smallest absolute Gasteiger partial charge is 0.323 e. The van der Waals surface area contributed by atoms with Crippen LogP contribution in [0.2, 0.25) is 0 Å². The van der Waals surface area contributed by atoms with Gasteiger partial charge in [0.1, 0.15) is 4.99 Å². The molecule has 0 unspecified atom stereocenters. The van der Waals surface area contributed by atoms with E-state index in [0.29, 0.717) is 10.7 Å². The van der Waals surface area contributed by atoms with E-state index in [-0.39, 0.29) is 6.03 Å². The summed E-state index contributed by atoms with van der Waals surface area (Å²) in [6.07, 6.45) is 0. The van der Waals surface area contributed by atoms with Gasteiger partial charge in [-0.1, -0.05) is 42.5 Å². The number of amides is 2. The van der Waals surface area contributed by atoms with Gasteiger partial charge in [-0.2, -0.15) is 0 Å². The Hall–Kier alpha value is -2.40. The van der Waals surface area contributed by atoms with Gasteiger partial charge in [-0.15, -0.1) is 0 Å². The zero-order valence-corrected chi connectivity index (χ0v) is 11.8. The third-order valence-electron chi connectivity index (χ3n) is 2.80. The number of aryl methyl sites for hydroxylation is 1. The SMILES string of the molecule is Cc1ccc(C(N)=S)cc1NC(=O)Nc1ccccc1. The Morgan fingerprint density at radius 3 is 2.45 bits per heavy atom. The minimum Gasteiger partial charge on any atom is -0.389 e. The normalized spacial score (nSPS) is 9.85. The number of carbonyl (C=O) groups is 1. The molecule has 0 saturated heterocycles. The van der Waals surface area contributed by atoms with Gasteiger partial charge in [0, 0.05) is 16.9 Å². The largest absolute Gasteiger partial charge is 0.389 e. The summed E-state index contributed by atoms with van der Waals surface area (Å²) in [4.78, 5) is 12.2. The Morgan fingerprint density at radius 1 is 1.10 bits per heavy atom. The average molecular weight is 285 g/mol. The van der Waals surface area contributed by atoms with Crippen LogP contribution in [0.15, 0.2) is 48.5 Å². The van der Waals surface area contributed by atoms with Crippen molar-refractivity contribution < 1.29 is 4.79 Å². The maximum atomic E-state index is 11.9. The quantitative estimate of drug-likeness (QED) is 0.758. The lowest BCUT2D eigenvalue weighted by molar-refractivity contribution is 0.262. The summed E-state index contributed by atoms with van der Waals surface area (Å²) in [5.74, 6) is 0. The second-order valence-electron chi connectivity index (χ2n) is 4.34. The van der Waals surface area contributed by atoms with Crippen molar-refractivity contribution in [3.63, 3.8) is 0 Å². The number of carbonyl (C=O) groups excluding carboxylic acids is 1. The number of hydrogen-bond acceptors (Lipinski definition) is 2. The summed E-state index contributed by atoms with van der Waals surface area (Å²) in [6, 6.07) is 14.4. The molecule has 0 radical (unpaired) electrons. The summed E-state index contributed by atoms with van der Waals surface area (Å²) in [7, 11) is 0. The van der Waals surface area contributed by atoms with E-state index in [1.54, 1.807) is 6.07 Å². The first-order chi connectivity index (χ1) is 9.56. The molecule has 0 fully saturated rings. The lowest BCUT2D eigenvalue weighted by Gasteiger charge is -2.11. The predicted molar refractivity (Wildman–Crippen MR) is 86.1 cm³/mol. The van der Waals surface area contributed by atoms with Crippen LogP contribution in [0.4, 0.5) is 16.2 Å². The number of nitrogens with two attached hydrogens (primary N) is 1. The highest BCUT2D eigenvalue weighted by molar-refractivity contribution is 7.80. The molecule has 0 heterocycles. The zero-order chi connectivity index (χ0) is 14.5. The maximum absolute atomic E-state index is 11.9. The molecule has 4 N–H and O–H groups in total. The molecule has 0 atom stereocenters. The van der Waals surface area contributed by atoms with Crippen molar-refractivity contribution in [1.82, 2.24) is 0 Å². The first-order valence-electron chi connectivity index (χ1n) is 6.10. The van der Waals surface area contributed by atoms with Crippen LogP contribution in [0, 0.1) is 6.92 Å². The van der Waals surface area contributed by atoms with Crippen LogP contribution >= 0.6 is 12.2 Å². The van der Waals surface area contributed by atoms with Gasteiger partial charge in [0.25, 0.3) is 0 Å². The average Bonchev–Trinajstić information content (AvgIpc) is 2.42. The van der Waals surface area contributed by atoms with Gasteiger partial charge in [0.2, 0.25) is 0 Å². The molecule has 2 aromatic carbocycles. The molecule has 2 aromatic rings. The fourth-order valence-electron chi connectivity index (χ4n) is 1.72. The number of nitrogens with one attached hydrogen (secondary N) is 2. The van der Waals surface area contributed by atoms with E-state index in [2.05, 4.69) is 10.6 Å². The van der Waals surface area contributed by atoms with Gasteiger partial charge in [-0.25, -0.2) is 4.79 Å². The maximum Gasteiger partial charge on any atom is 0.323 e. The molecule has 0 aliphatic heterocycles. The second-order valence-corrected chi connectivity index (χ2v) is 4.78. The lowest BCUT2D eigenvalue weighted by atomic mass is 10.1. The van der Waals surface area contributed by atoms with E-state index >= 15 is 0 Å². The Labute approximate surface area is 123 Å². The minimum atomic E-state index is -0.306. The Kier molecular flexibility index (Phi) is 4.32. The number of thiocarbonyl (C=S) groups is 1. The van der Waals surface area contributed by atoms with Crippen LogP contribution in [0.25, 0.3) is 0 Å². The number of urea groups is 1. The summed E-state index contributed by atoms with van der Waals surface area (Å²) in [6.45, 7) is 1.90. The zero-order valence-electron chi connectivity index (χ0n) is 11.0. The number of para-hydroxylation sites is 1. The summed E-state index contributed by atoms with van der Waals surface area (Å²) in [5.41, 5.74) is 8.66. The Bertz CT molecular complexity index is 641.